The number of benzene rings is 2. The highest BCUT2D eigenvalue weighted by molar-refractivity contribution is 7.93. The van der Waals surface area contributed by atoms with Crippen LogP contribution in [0.2, 0.25) is 0 Å². The quantitative estimate of drug-likeness (QED) is 0.635. The monoisotopic (exact) mass is 418 g/mol. The van der Waals surface area contributed by atoms with Crippen LogP contribution in [0.4, 0.5) is 11.5 Å². The highest BCUT2D eigenvalue weighted by atomic mass is 32.2. The topological polar surface area (TPSA) is 118 Å². The number of nitrogens with zero attached hydrogens (tertiary/aromatic N) is 2. The zero-order valence-corrected chi connectivity index (χ0v) is 16.8. The van der Waals surface area contributed by atoms with Crippen molar-refractivity contribution in [2.45, 2.75) is 23.6 Å². The first-order valence-corrected chi connectivity index (χ1v) is 11.1. The van der Waals surface area contributed by atoms with Gasteiger partial charge < -0.3 is 0 Å². The molecular formula is C18H18N4O4S2. The van der Waals surface area contributed by atoms with Gasteiger partial charge in [0.1, 0.15) is 11.6 Å². The average molecular weight is 419 g/mol. The summed E-state index contributed by atoms with van der Waals surface area (Å²) in [4.78, 5) is 8.00. The summed E-state index contributed by atoms with van der Waals surface area (Å²) in [5.41, 5.74) is 1.19. The van der Waals surface area contributed by atoms with Crippen molar-refractivity contribution in [2.75, 3.05) is 9.44 Å². The lowest BCUT2D eigenvalue weighted by Gasteiger charge is -2.10. The maximum atomic E-state index is 12.5. The fraction of sp³-hybridized carbons (Fsp3) is 0.111. The Labute approximate surface area is 163 Å². The van der Waals surface area contributed by atoms with Crippen molar-refractivity contribution >= 4 is 31.6 Å². The van der Waals surface area contributed by atoms with Gasteiger partial charge in [0.2, 0.25) is 0 Å². The van der Waals surface area contributed by atoms with Gasteiger partial charge in [-0.1, -0.05) is 17.7 Å². The molecule has 0 unspecified atom stereocenters. The lowest BCUT2D eigenvalue weighted by Crippen LogP contribution is -2.15. The Morgan fingerprint density at radius 1 is 0.714 bits per heavy atom. The molecule has 1 heterocycles. The second-order valence-electron chi connectivity index (χ2n) is 6.04. The third-order valence-corrected chi connectivity index (χ3v) is 6.53. The van der Waals surface area contributed by atoms with Crippen molar-refractivity contribution in [3.63, 3.8) is 0 Å². The van der Waals surface area contributed by atoms with Crippen LogP contribution in [-0.2, 0) is 20.0 Å². The van der Waals surface area contributed by atoms with Gasteiger partial charge in [0.05, 0.1) is 9.79 Å². The largest absolute Gasteiger partial charge is 0.280 e. The van der Waals surface area contributed by atoms with Crippen molar-refractivity contribution in [3.05, 3.63) is 72.2 Å². The van der Waals surface area contributed by atoms with Gasteiger partial charge in [-0.3, -0.25) is 9.44 Å². The van der Waals surface area contributed by atoms with E-state index < -0.39 is 20.0 Å². The molecule has 146 valence electrons. The lowest BCUT2D eigenvalue weighted by atomic mass is 10.2. The predicted molar refractivity (Wildman–Crippen MR) is 106 cm³/mol. The van der Waals surface area contributed by atoms with E-state index in [2.05, 4.69) is 19.4 Å². The minimum atomic E-state index is -3.86. The summed E-state index contributed by atoms with van der Waals surface area (Å²) in [6, 6.07) is 13.2. The van der Waals surface area contributed by atoms with Gasteiger partial charge >= 0.3 is 0 Å². The van der Waals surface area contributed by atoms with Crippen LogP contribution in [0.25, 0.3) is 0 Å². The molecule has 3 aromatic rings. The molecule has 0 amide bonds. The van der Waals surface area contributed by atoms with E-state index in [4.69, 9.17) is 0 Å². The maximum Gasteiger partial charge on any atom is 0.263 e. The van der Waals surface area contributed by atoms with E-state index in [-0.39, 0.29) is 21.3 Å². The smallest absolute Gasteiger partial charge is 0.263 e. The third-order valence-electron chi connectivity index (χ3n) is 3.76. The molecule has 0 radical (unpaired) electrons. The van der Waals surface area contributed by atoms with E-state index in [9.17, 15) is 16.8 Å². The van der Waals surface area contributed by atoms with Crippen molar-refractivity contribution in [2.24, 2.45) is 0 Å². The van der Waals surface area contributed by atoms with Crippen LogP contribution in [0.1, 0.15) is 11.4 Å². The number of aryl methyl sites for hydroxylation is 2. The van der Waals surface area contributed by atoms with Gasteiger partial charge in [-0.15, -0.1) is 0 Å². The van der Waals surface area contributed by atoms with Gasteiger partial charge in [0.25, 0.3) is 20.0 Å². The van der Waals surface area contributed by atoms with Crippen LogP contribution in [0.3, 0.4) is 0 Å². The summed E-state index contributed by atoms with van der Waals surface area (Å²) in [5, 5.41) is 0. The lowest BCUT2D eigenvalue weighted by molar-refractivity contribution is 0.600. The molecule has 0 aliphatic heterocycles. The number of hydrogen-bond donors (Lipinski definition) is 2. The zero-order chi connectivity index (χ0) is 20.4. The summed E-state index contributed by atoms with van der Waals surface area (Å²) in [6.45, 7) is 3.51. The second-order valence-corrected chi connectivity index (χ2v) is 9.40. The molecule has 0 atom stereocenters. The van der Waals surface area contributed by atoms with Crippen molar-refractivity contribution in [1.82, 2.24) is 9.97 Å². The van der Waals surface area contributed by atoms with Gasteiger partial charge in [-0.25, -0.2) is 26.8 Å². The van der Waals surface area contributed by atoms with E-state index in [0.717, 1.165) is 5.56 Å². The Hall–Kier alpha value is -2.98. The van der Waals surface area contributed by atoms with Crippen LogP contribution in [0.15, 0.2) is 70.6 Å². The fourth-order valence-corrected chi connectivity index (χ4v) is 4.40. The summed E-state index contributed by atoms with van der Waals surface area (Å²) in [5.74, 6) is 0.581. The highest BCUT2D eigenvalue weighted by Gasteiger charge is 2.17. The number of sulfonamides is 2. The van der Waals surface area contributed by atoms with Gasteiger partial charge in [0.15, 0.2) is 0 Å². The molecule has 0 spiro atoms. The summed E-state index contributed by atoms with van der Waals surface area (Å²) >= 11 is 0. The van der Waals surface area contributed by atoms with Crippen molar-refractivity contribution in [1.29, 1.82) is 0 Å². The molecule has 0 bridgehead atoms. The minimum absolute atomic E-state index is 0.0259. The molecule has 0 aliphatic carbocycles. The number of nitrogens with one attached hydrogen (secondary N) is 2. The molecule has 2 aromatic carbocycles. The van der Waals surface area contributed by atoms with Gasteiger partial charge in [0, 0.05) is 11.9 Å². The van der Waals surface area contributed by atoms with Crippen LogP contribution in [-0.4, -0.2) is 26.8 Å². The normalized spacial score (nSPS) is 11.8. The minimum Gasteiger partial charge on any atom is -0.280 e. The van der Waals surface area contributed by atoms with Crippen molar-refractivity contribution in [3.8, 4) is 0 Å². The highest BCUT2D eigenvalue weighted by Crippen LogP contribution is 2.20. The molecular weight excluding hydrogens is 400 g/mol. The molecule has 0 fully saturated rings. The van der Waals surface area contributed by atoms with Crippen LogP contribution >= 0.6 is 0 Å². The number of anilines is 2. The van der Waals surface area contributed by atoms with Crippen LogP contribution in [0.5, 0.6) is 0 Å². The standard InChI is InChI=1S/C18H18N4O4S2/c1-13-3-7-16(8-4-13)27(23,24)21-15-5-9-17(10-6-15)28(25,26)22-18-11-12-19-14(2)20-18/h3-12,21H,1-2H3,(H,19,20,22). The molecule has 0 saturated carbocycles. The van der Waals surface area contributed by atoms with Crippen molar-refractivity contribution < 1.29 is 16.8 Å². The van der Waals surface area contributed by atoms with E-state index in [1.54, 1.807) is 19.1 Å². The molecule has 0 aliphatic rings. The van der Waals surface area contributed by atoms with E-state index in [1.807, 2.05) is 6.92 Å². The fourth-order valence-electron chi connectivity index (χ4n) is 2.34. The third kappa shape index (κ3) is 4.65. The molecule has 3 rings (SSSR count). The van der Waals surface area contributed by atoms with E-state index in [1.165, 1.54) is 48.7 Å². The number of rotatable bonds is 6. The maximum absolute atomic E-state index is 12.5. The average Bonchev–Trinajstić information content (AvgIpc) is 2.62. The summed E-state index contributed by atoms with van der Waals surface area (Å²) < 4.78 is 54.5. The molecule has 1 aromatic heterocycles. The van der Waals surface area contributed by atoms with Gasteiger partial charge in [-0.2, -0.15) is 0 Å². The summed E-state index contributed by atoms with van der Waals surface area (Å²) in [7, 11) is -7.63. The molecule has 2 N–H and O–H groups in total. The molecule has 8 nitrogen and oxygen atoms in total. The zero-order valence-electron chi connectivity index (χ0n) is 15.1. The summed E-state index contributed by atoms with van der Waals surface area (Å²) in [6.07, 6.45) is 1.45. The molecule has 28 heavy (non-hydrogen) atoms. The van der Waals surface area contributed by atoms with E-state index >= 15 is 0 Å². The Bertz CT molecular complexity index is 1190. The first-order valence-electron chi connectivity index (χ1n) is 8.18. The Balaban J connectivity index is 1.78. The van der Waals surface area contributed by atoms with E-state index in [0.29, 0.717) is 5.82 Å². The first kappa shape index (κ1) is 19.8. The Morgan fingerprint density at radius 2 is 1.25 bits per heavy atom. The number of hydrogen-bond acceptors (Lipinski definition) is 6. The Morgan fingerprint density at radius 3 is 1.82 bits per heavy atom. The van der Waals surface area contributed by atoms with Gasteiger partial charge in [-0.05, 0) is 56.3 Å². The van der Waals surface area contributed by atoms with Crippen LogP contribution < -0.4 is 9.44 Å². The SMILES string of the molecule is Cc1ccc(S(=O)(=O)Nc2ccc(S(=O)(=O)Nc3ccnc(C)n3)cc2)cc1. The predicted octanol–water partition coefficient (Wildman–Crippen LogP) is 2.70. The molecule has 10 heteroatoms. The Kier molecular flexibility index (Phi) is 5.34. The number of aromatic nitrogens is 2. The molecule has 0 saturated heterocycles. The van der Waals surface area contributed by atoms with Crippen LogP contribution in [0, 0.1) is 13.8 Å². The second kappa shape index (κ2) is 7.56. The first-order chi connectivity index (χ1) is 13.2.